The van der Waals surface area contributed by atoms with Crippen LogP contribution in [0, 0.1) is 0 Å². The lowest BCUT2D eigenvalue weighted by atomic mass is 9.87. The number of hydrogen-bond acceptors (Lipinski definition) is 3. The molecule has 0 saturated carbocycles. The highest BCUT2D eigenvalue weighted by atomic mass is 35.5. The Morgan fingerprint density at radius 3 is 2.50 bits per heavy atom. The Balaban J connectivity index is 2.01. The van der Waals surface area contributed by atoms with Crippen molar-refractivity contribution in [2.24, 2.45) is 0 Å². The number of halogens is 2. The number of phenolic OH excluding ortho intramolecular Hbond substituents is 1. The van der Waals surface area contributed by atoms with Crippen LogP contribution < -0.4 is 0 Å². The number of aryl methyl sites for hydroxylation is 1. The fourth-order valence-corrected chi connectivity index (χ4v) is 4.55. The number of rotatable bonds is 3. The van der Waals surface area contributed by atoms with Gasteiger partial charge in [-0.25, -0.2) is 4.79 Å². The summed E-state index contributed by atoms with van der Waals surface area (Å²) >= 11 is 12.7. The number of ether oxygens (including phenoxy) is 1. The minimum absolute atomic E-state index is 0.193. The van der Waals surface area contributed by atoms with Crippen LogP contribution in [0.2, 0.25) is 10.0 Å². The maximum atomic E-state index is 12.0. The topological polar surface area (TPSA) is 46.5 Å². The fraction of sp³-hybridized carbons (Fsp3) is 0.160. The van der Waals surface area contributed by atoms with Crippen LogP contribution in [0.3, 0.4) is 0 Å². The monoisotopic (exact) mass is 438 g/mol. The van der Waals surface area contributed by atoms with E-state index in [1.807, 2.05) is 36.4 Å². The van der Waals surface area contributed by atoms with Crippen LogP contribution in [0.25, 0.3) is 11.1 Å². The lowest BCUT2D eigenvalue weighted by molar-refractivity contribution is 0.0600. The first-order valence-corrected chi connectivity index (χ1v) is 10.4. The second kappa shape index (κ2) is 8.55. The zero-order valence-corrected chi connectivity index (χ0v) is 17.9. The van der Waals surface area contributed by atoms with E-state index in [9.17, 15) is 9.90 Å². The highest BCUT2D eigenvalue weighted by Gasteiger charge is 2.23. The van der Waals surface area contributed by atoms with Gasteiger partial charge in [0, 0.05) is 10.0 Å². The number of carbonyl (C=O) groups is 1. The van der Waals surface area contributed by atoms with Crippen LogP contribution in [-0.2, 0) is 11.2 Å². The van der Waals surface area contributed by atoms with Gasteiger partial charge in [-0.3, -0.25) is 0 Å². The molecule has 0 aromatic heterocycles. The Labute approximate surface area is 185 Å². The molecule has 3 aromatic rings. The van der Waals surface area contributed by atoms with Crippen LogP contribution >= 0.6 is 23.2 Å². The number of fused-ring (bicyclic) bond motifs is 1. The third-order valence-electron chi connectivity index (χ3n) is 5.36. The Morgan fingerprint density at radius 2 is 1.77 bits per heavy atom. The summed E-state index contributed by atoms with van der Waals surface area (Å²) in [6, 6.07) is 18.4. The molecule has 1 aliphatic carbocycles. The minimum atomic E-state index is -0.356. The Kier molecular flexibility index (Phi) is 5.85. The summed E-state index contributed by atoms with van der Waals surface area (Å²) in [6.07, 6.45) is 2.51. The van der Waals surface area contributed by atoms with Crippen LogP contribution in [0.4, 0.5) is 0 Å². The van der Waals surface area contributed by atoms with Crippen molar-refractivity contribution in [3.05, 3.63) is 98.5 Å². The Morgan fingerprint density at radius 1 is 0.967 bits per heavy atom. The smallest absolute Gasteiger partial charge is 0.337 e. The number of phenols is 1. The lowest BCUT2D eigenvalue weighted by Gasteiger charge is -2.18. The van der Waals surface area contributed by atoms with E-state index in [0.29, 0.717) is 15.6 Å². The van der Waals surface area contributed by atoms with Crippen molar-refractivity contribution in [2.45, 2.75) is 19.3 Å². The number of methoxy groups -OCH3 is 1. The van der Waals surface area contributed by atoms with Crippen molar-refractivity contribution in [2.75, 3.05) is 7.11 Å². The number of benzene rings is 3. The van der Waals surface area contributed by atoms with E-state index in [0.717, 1.165) is 52.7 Å². The second-order valence-corrected chi connectivity index (χ2v) is 8.09. The second-order valence-electron chi connectivity index (χ2n) is 7.25. The van der Waals surface area contributed by atoms with Crippen LogP contribution in [-0.4, -0.2) is 18.2 Å². The first kappa shape index (κ1) is 20.5. The summed E-state index contributed by atoms with van der Waals surface area (Å²) in [7, 11) is 1.38. The molecule has 30 heavy (non-hydrogen) atoms. The molecule has 152 valence electrons. The molecule has 0 bridgehead atoms. The zero-order valence-electron chi connectivity index (χ0n) is 16.4. The van der Waals surface area contributed by atoms with E-state index in [2.05, 4.69) is 0 Å². The first-order chi connectivity index (χ1) is 14.5. The summed E-state index contributed by atoms with van der Waals surface area (Å²) in [6.45, 7) is 0. The van der Waals surface area contributed by atoms with Gasteiger partial charge in [0.25, 0.3) is 0 Å². The van der Waals surface area contributed by atoms with Crippen LogP contribution in [0.15, 0.2) is 60.7 Å². The molecule has 3 nitrogen and oxygen atoms in total. The van der Waals surface area contributed by atoms with Gasteiger partial charge in [0.15, 0.2) is 0 Å². The van der Waals surface area contributed by atoms with Crippen LogP contribution in [0.5, 0.6) is 5.75 Å². The van der Waals surface area contributed by atoms with Gasteiger partial charge in [-0.05, 0) is 89.1 Å². The van der Waals surface area contributed by atoms with Crippen molar-refractivity contribution in [3.8, 4) is 5.75 Å². The average molecular weight is 439 g/mol. The van der Waals surface area contributed by atoms with E-state index < -0.39 is 0 Å². The Bertz CT molecular complexity index is 1160. The highest BCUT2D eigenvalue weighted by Crippen LogP contribution is 2.42. The minimum Gasteiger partial charge on any atom is -0.508 e. The number of esters is 1. The summed E-state index contributed by atoms with van der Waals surface area (Å²) in [4.78, 5) is 12.0. The molecule has 3 aromatic carbocycles. The SMILES string of the molecule is COC(=O)c1ccc2c(c1)CCCC(c1ccc(Cl)cc1Cl)=C2c1cccc(O)c1. The summed E-state index contributed by atoms with van der Waals surface area (Å²) in [5.74, 6) is -0.163. The molecule has 0 radical (unpaired) electrons. The third kappa shape index (κ3) is 3.96. The van der Waals surface area contributed by atoms with Gasteiger partial charge in [-0.1, -0.05) is 47.5 Å². The van der Waals surface area contributed by atoms with Crippen molar-refractivity contribution < 1.29 is 14.6 Å². The van der Waals surface area contributed by atoms with Gasteiger partial charge in [-0.15, -0.1) is 0 Å². The van der Waals surface area contributed by atoms with E-state index in [1.165, 1.54) is 7.11 Å². The first-order valence-electron chi connectivity index (χ1n) is 9.67. The molecule has 4 rings (SSSR count). The molecule has 5 heteroatoms. The van der Waals surface area contributed by atoms with Gasteiger partial charge in [0.2, 0.25) is 0 Å². The molecule has 0 aliphatic heterocycles. The fourth-order valence-electron chi connectivity index (χ4n) is 4.03. The lowest BCUT2D eigenvalue weighted by Crippen LogP contribution is -2.04. The van der Waals surface area contributed by atoms with Gasteiger partial charge in [-0.2, -0.15) is 0 Å². The number of hydrogen-bond donors (Lipinski definition) is 1. The standard InChI is InChI=1S/C25H20Cl2O3/c1-30-25(29)17-8-10-20-15(12-17)4-3-7-22(21-11-9-18(26)14-23(21)27)24(20)16-5-2-6-19(28)13-16/h2,5-6,8-14,28H,3-4,7H2,1H3. The highest BCUT2D eigenvalue weighted by molar-refractivity contribution is 6.36. The number of aromatic hydroxyl groups is 1. The summed E-state index contributed by atoms with van der Waals surface area (Å²) < 4.78 is 4.89. The Hall–Kier alpha value is -2.75. The molecule has 0 heterocycles. The van der Waals surface area contributed by atoms with E-state index in [1.54, 1.807) is 24.3 Å². The van der Waals surface area contributed by atoms with Crippen molar-refractivity contribution in [1.82, 2.24) is 0 Å². The van der Waals surface area contributed by atoms with Crippen LogP contribution in [0.1, 0.15) is 45.5 Å². The summed E-state index contributed by atoms with van der Waals surface area (Å²) in [5, 5.41) is 11.3. The van der Waals surface area contributed by atoms with Gasteiger partial charge < -0.3 is 9.84 Å². The quantitative estimate of drug-likeness (QED) is 0.458. The molecular formula is C25H20Cl2O3. The molecule has 0 unspecified atom stereocenters. The molecule has 0 saturated heterocycles. The van der Waals surface area contributed by atoms with Gasteiger partial charge >= 0.3 is 5.97 Å². The predicted octanol–water partition coefficient (Wildman–Crippen LogP) is 6.78. The van der Waals surface area contributed by atoms with Crippen molar-refractivity contribution in [3.63, 3.8) is 0 Å². The molecule has 0 amide bonds. The maximum absolute atomic E-state index is 12.0. The van der Waals surface area contributed by atoms with Crippen molar-refractivity contribution >= 4 is 40.3 Å². The normalized spacial score (nSPS) is 13.6. The molecule has 0 atom stereocenters. The number of allylic oxidation sites excluding steroid dienone is 1. The van der Waals surface area contributed by atoms with Gasteiger partial charge in [0.1, 0.15) is 5.75 Å². The zero-order chi connectivity index (χ0) is 21.3. The molecule has 1 N–H and O–H groups in total. The van der Waals surface area contributed by atoms with Gasteiger partial charge in [0.05, 0.1) is 12.7 Å². The van der Waals surface area contributed by atoms with E-state index >= 15 is 0 Å². The maximum Gasteiger partial charge on any atom is 0.337 e. The predicted molar refractivity (Wildman–Crippen MR) is 121 cm³/mol. The average Bonchev–Trinajstić information content (AvgIpc) is 2.92. The van der Waals surface area contributed by atoms with Crippen molar-refractivity contribution in [1.29, 1.82) is 0 Å². The molecular weight excluding hydrogens is 419 g/mol. The third-order valence-corrected chi connectivity index (χ3v) is 5.91. The summed E-state index contributed by atoms with van der Waals surface area (Å²) in [5.41, 5.74) is 6.52. The van der Waals surface area contributed by atoms with E-state index in [4.69, 9.17) is 27.9 Å². The largest absolute Gasteiger partial charge is 0.508 e. The number of carbonyl (C=O) groups excluding carboxylic acids is 1. The molecule has 0 fully saturated rings. The molecule has 1 aliphatic rings. The molecule has 0 spiro atoms. The van der Waals surface area contributed by atoms with E-state index in [-0.39, 0.29) is 11.7 Å².